The second kappa shape index (κ2) is 4.52. The third-order valence-electron chi connectivity index (χ3n) is 3.75. The van der Waals surface area contributed by atoms with Gasteiger partial charge in [0.25, 0.3) is 5.69 Å². The molecule has 0 radical (unpaired) electrons. The van der Waals surface area contributed by atoms with Crippen LogP contribution in [0.25, 0.3) is 0 Å². The Hall–Kier alpha value is -2.56. The highest BCUT2D eigenvalue weighted by Crippen LogP contribution is 2.44. The van der Waals surface area contributed by atoms with Gasteiger partial charge in [-0.15, -0.1) is 0 Å². The fraction of sp³-hybridized carbons (Fsp3) is 0.200. The maximum atomic E-state index is 10.9. The first-order chi connectivity index (χ1) is 9.59. The van der Waals surface area contributed by atoms with Crippen molar-refractivity contribution in [2.75, 3.05) is 23.9 Å². The highest BCUT2D eigenvalue weighted by Gasteiger charge is 2.32. The maximum absolute atomic E-state index is 10.9. The van der Waals surface area contributed by atoms with Crippen LogP contribution in [0.1, 0.15) is 11.7 Å². The summed E-state index contributed by atoms with van der Waals surface area (Å²) in [6.07, 6.45) is -0.0210. The standard InChI is InChI=1S/C15H15N3O2/c1-16-13-8-3-4-9-14(13)17(2)15(16)11-6-5-7-12(10-11)18(19)20/h3-10,15H,1-2H3. The lowest BCUT2D eigenvalue weighted by molar-refractivity contribution is -0.384. The van der Waals surface area contributed by atoms with E-state index in [0.717, 1.165) is 16.9 Å². The summed E-state index contributed by atoms with van der Waals surface area (Å²) in [6.45, 7) is 0. The molecule has 102 valence electrons. The number of anilines is 2. The van der Waals surface area contributed by atoms with Crippen LogP contribution in [0.3, 0.4) is 0 Å². The number of para-hydroxylation sites is 2. The molecule has 0 amide bonds. The van der Waals surface area contributed by atoms with E-state index in [1.807, 2.05) is 32.3 Å². The van der Waals surface area contributed by atoms with Crippen LogP contribution in [0.15, 0.2) is 48.5 Å². The normalized spacial score (nSPS) is 14.5. The molecule has 20 heavy (non-hydrogen) atoms. The average molecular weight is 269 g/mol. The molecule has 0 N–H and O–H groups in total. The molecule has 3 rings (SSSR count). The van der Waals surface area contributed by atoms with Crippen molar-refractivity contribution in [3.05, 3.63) is 64.2 Å². The Kier molecular flexibility index (Phi) is 2.82. The molecule has 0 aliphatic carbocycles. The molecule has 0 unspecified atom stereocenters. The van der Waals surface area contributed by atoms with Gasteiger partial charge >= 0.3 is 0 Å². The second-order valence-corrected chi connectivity index (χ2v) is 4.94. The number of hydrogen-bond acceptors (Lipinski definition) is 4. The zero-order valence-corrected chi connectivity index (χ0v) is 11.4. The van der Waals surface area contributed by atoms with Gasteiger partial charge in [0.2, 0.25) is 0 Å². The SMILES string of the molecule is CN1c2ccccc2N(C)C1c1cccc([N+](=O)[O-])c1. The van der Waals surface area contributed by atoms with E-state index in [1.165, 1.54) is 6.07 Å². The monoisotopic (exact) mass is 269 g/mol. The van der Waals surface area contributed by atoms with Crippen molar-refractivity contribution in [1.82, 2.24) is 0 Å². The van der Waals surface area contributed by atoms with Crippen LogP contribution in [0.2, 0.25) is 0 Å². The first-order valence-corrected chi connectivity index (χ1v) is 6.38. The van der Waals surface area contributed by atoms with Gasteiger partial charge in [-0.2, -0.15) is 0 Å². The lowest BCUT2D eigenvalue weighted by Gasteiger charge is -2.28. The number of benzene rings is 2. The molecule has 5 nitrogen and oxygen atoms in total. The van der Waals surface area contributed by atoms with Gasteiger partial charge in [-0.3, -0.25) is 10.1 Å². The van der Waals surface area contributed by atoms with Gasteiger partial charge in [-0.1, -0.05) is 24.3 Å². The molecule has 0 saturated carbocycles. The predicted molar refractivity (Wildman–Crippen MR) is 79.1 cm³/mol. The van der Waals surface area contributed by atoms with Crippen LogP contribution in [-0.4, -0.2) is 19.0 Å². The molecule has 1 aliphatic heterocycles. The van der Waals surface area contributed by atoms with Crippen LogP contribution >= 0.6 is 0 Å². The quantitative estimate of drug-likeness (QED) is 0.620. The van der Waals surface area contributed by atoms with Crippen LogP contribution in [-0.2, 0) is 0 Å². The largest absolute Gasteiger partial charge is 0.349 e. The van der Waals surface area contributed by atoms with Gasteiger partial charge in [0.15, 0.2) is 0 Å². The molecule has 2 aromatic rings. The van der Waals surface area contributed by atoms with Crippen molar-refractivity contribution < 1.29 is 4.92 Å². The molecule has 0 fully saturated rings. The summed E-state index contributed by atoms with van der Waals surface area (Å²) in [4.78, 5) is 14.8. The number of rotatable bonds is 2. The van der Waals surface area contributed by atoms with Gasteiger partial charge < -0.3 is 9.80 Å². The zero-order valence-electron chi connectivity index (χ0n) is 11.4. The number of hydrogen-bond donors (Lipinski definition) is 0. The van der Waals surface area contributed by atoms with E-state index >= 15 is 0 Å². The van der Waals surface area contributed by atoms with Crippen LogP contribution in [0, 0.1) is 10.1 Å². The van der Waals surface area contributed by atoms with E-state index in [1.54, 1.807) is 12.1 Å². The molecule has 0 saturated heterocycles. The Morgan fingerprint density at radius 2 is 1.60 bits per heavy atom. The van der Waals surface area contributed by atoms with Crippen molar-refractivity contribution in [3.63, 3.8) is 0 Å². The van der Waals surface area contributed by atoms with E-state index in [4.69, 9.17) is 0 Å². The van der Waals surface area contributed by atoms with Gasteiger partial charge in [-0.25, -0.2) is 0 Å². The molecule has 0 bridgehead atoms. The molecule has 2 aromatic carbocycles. The minimum Gasteiger partial charge on any atom is -0.349 e. The minimum atomic E-state index is -0.356. The Morgan fingerprint density at radius 1 is 1.00 bits per heavy atom. The Labute approximate surface area is 117 Å². The van der Waals surface area contributed by atoms with Crippen molar-refractivity contribution in [2.45, 2.75) is 6.17 Å². The first-order valence-electron chi connectivity index (χ1n) is 6.38. The first kappa shape index (κ1) is 12.5. The lowest BCUT2D eigenvalue weighted by atomic mass is 10.1. The summed E-state index contributed by atoms with van der Waals surface area (Å²) < 4.78 is 0. The number of nitro groups is 1. The molecule has 1 heterocycles. The zero-order chi connectivity index (χ0) is 14.3. The summed E-state index contributed by atoms with van der Waals surface area (Å²) in [5.41, 5.74) is 3.30. The number of nitro benzene ring substituents is 1. The van der Waals surface area contributed by atoms with Crippen LogP contribution in [0.5, 0.6) is 0 Å². The molecule has 0 atom stereocenters. The topological polar surface area (TPSA) is 49.6 Å². The minimum absolute atomic E-state index is 0.0210. The van der Waals surface area contributed by atoms with E-state index in [2.05, 4.69) is 21.9 Å². The van der Waals surface area contributed by atoms with Crippen molar-refractivity contribution in [1.29, 1.82) is 0 Å². The molecule has 1 aliphatic rings. The lowest BCUT2D eigenvalue weighted by Crippen LogP contribution is -2.30. The number of non-ortho nitro benzene ring substituents is 1. The Morgan fingerprint density at radius 3 is 2.15 bits per heavy atom. The van der Waals surface area contributed by atoms with Gasteiger partial charge in [0, 0.05) is 31.8 Å². The summed E-state index contributed by atoms with van der Waals surface area (Å²) >= 11 is 0. The number of fused-ring (bicyclic) bond motifs is 1. The maximum Gasteiger partial charge on any atom is 0.269 e. The second-order valence-electron chi connectivity index (χ2n) is 4.94. The fourth-order valence-corrected chi connectivity index (χ4v) is 2.83. The summed E-state index contributed by atoms with van der Waals surface area (Å²) in [7, 11) is 4.01. The third kappa shape index (κ3) is 1.79. The highest BCUT2D eigenvalue weighted by atomic mass is 16.6. The summed E-state index contributed by atoms with van der Waals surface area (Å²) in [5, 5.41) is 10.9. The molecule has 0 spiro atoms. The van der Waals surface area contributed by atoms with Gasteiger partial charge in [0.05, 0.1) is 16.3 Å². The van der Waals surface area contributed by atoms with E-state index in [9.17, 15) is 10.1 Å². The Balaban J connectivity index is 2.04. The fourth-order valence-electron chi connectivity index (χ4n) is 2.83. The van der Waals surface area contributed by atoms with E-state index < -0.39 is 0 Å². The number of nitrogens with zero attached hydrogens (tertiary/aromatic N) is 3. The third-order valence-corrected chi connectivity index (χ3v) is 3.75. The van der Waals surface area contributed by atoms with Gasteiger partial charge in [-0.05, 0) is 12.1 Å². The van der Waals surface area contributed by atoms with Gasteiger partial charge in [0.1, 0.15) is 6.17 Å². The molecule has 0 aromatic heterocycles. The van der Waals surface area contributed by atoms with E-state index in [0.29, 0.717) is 0 Å². The highest BCUT2D eigenvalue weighted by molar-refractivity contribution is 5.77. The summed E-state index contributed by atoms with van der Waals surface area (Å²) in [5.74, 6) is 0. The van der Waals surface area contributed by atoms with Crippen LogP contribution < -0.4 is 9.80 Å². The van der Waals surface area contributed by atoms with Crippen LogP contribution in [0.4, 0.5) is 17.1 Å². The Bertz CT molecular complexity index is 643. The van der Waals surface area contributed by atoms with Crippen molar-refractivity contribution >= 4 is 17.1 Å². The molecular weight excluding hydrogens is 254 g/mol. The average Bonchev–Trinajstić information content (AvgIpc) is 2.72. The summed E-state index contributed by atoms with van der Waals surface area (Å²) in [6, 6.07) is 14.9. The van der Waals surface area contributed by atoms with E-state index in [-0.39, 0.29) is 16.8 Å². The molecular formula is C15H15N3O2. The predicted octanol–water partition coefficient (Wildman–Crippen LogP) is 3.18. The van der Waals surface area contributed by atoms with Crippen molar-refractivity contribution in [2.24, 2.45) is 0 Å². The smallest absolute Gasteiger partial charge is 0.269 e. The molecule has 5 heteroatoms. The van der Waals surface area contributed by atoms with Crippen molar-refractivity contribution in [3.8, 4) is 0 Å².